The first-order valence-corrected chi connectivity index (χ1v) is 36.3. The molecule has 0 saturated heterocycles. The minimum absolute atomic E-state index is 0.0991. The summed E-state index contributed by atoms with van der Waals surface area (Å²) in [6.45, 7) is 6.51. The highest BCUT2D eigenvalue weighted by atomic mass is 16.6. The number of carbonyl (C=O) groups is 3. The van der Waals surface area contributed by atoms with Crippen molar-refractivity contribution in [1.29, 1.82) is 0 Å². The lowest BCUT2D eigenvalue weighted by Gasteiger charge is -2.18. The van der Waals surface area contributed by atoms with Crippen molar-refractivity contribution in [2.45, 2.75) is 393 Å². The number of rotatable bonds is 67. The number of carbonyl (C=O) groups excluding carboxylic acids is 3. The van der Waals surface area contributed by atoms with Crippen LogP contribution in [0, 0.1) is 0 Å². The van der Waals surface area contributed by atoms with E-state index in [4.69, 9.17) is 14.2 Å². The van der Waals surface area contributed by atoms with Crippen LogP contribution >= 0.6 is 0 Å². The largest absolute Gasteiger partial charge is 0.462 e. The maximum atomic E-state index is 12.9. The van der Waals surface area contributed by atoms with Gasteiger partial charge in [-0.15, -0.1) is 0 Å². The van der Waals surface area contributed by atoms with Gasteiger partial charge in [0.2, 0.25) is 0 Å². The lowest BCUT2D eigenvalue weighted by Crippen LogP contribution is -2.30. The Morgan fingerprint density at radius 3 is 0.744 bits per heavy atom. The summed E-state index contributed by atoms with van der Waals surface area (Å²) in [6, 6.07) is 0. The molecular weight excluding hydrogens is 1010 g/mol. The molecule has 6 nitrogen and oxygen atoms in total. The zero-order valence-corrected chi connectivity index (χ0v) is 55.0. The fraction of sp³-hybridized carbons (Fsp3) is 0.829. The van der Waals surface area contributed by atoms with Gasteiger partial charge in [0, 0.05) is 12.8 Å². The summed E-state index contributed by atoms with van der Waals surface area (Å²) in [6.07, 6.45) is 91.7. The van der Waals surface area contributed by atoms with Gasteiger partial charge in [-0.3, -0.25) is 14.4 Å². The lowest BCUT2D eigenvalue weighted by atomic mass is 10.0. The molecule has 1 unspecified atom stereocenters. The third kappa shape index (κ3) is 67.9. The lowest BCUT2D eigenvalue weighted by molar-refractivity contribution is -0.166. The fourth-order valence-electron chi connectivity index (χ4n) is 10.9. The first-order valence-electron chi connectivity index (χ1n) is 36.3. The predicted octanol–water partition coefficient (Wildman–Crippen LogP) is 25.1. The van der Waals surface area contributed by atoms with Crippen LogP contribution in [0.2, 0.25) is 0 Å². The van der Waals surface area contributed by atoms with Gasteiger partial charge in [0.15, 0.2) is 6.10 Å². The van der Waals surface area contributed by atoms with Gasteiger partial charge in [-0.2, -0.15) is 0 Å². The van der Waals surface area contributed by atoms with Crippen LogP contribution in [-0.4, -0.2) is 37.2 Å². The van der Waals surface area contributed by atoms with Gasteiger partial charge in [-0.05, 0) is 44.9 Å². The molecule has 1 atom stereocenters. The summed E-state index contributed by atoms with van der Waals surface area (Å²) in [4.78, 5) is 38.3. The molecule has 0 spiro atoms. The maximum Gasteiger partial charge on any atom is 0.309 e. The molecule has 6 heteroatoms. The SMILES string of the molecule is CC/C=C\C/C=C\C/C=C\C/C=C\C/C=C\CC(=O)OCC(COC(=O)CCCCCCCCCCCCCCCCCCCCCCCCCCCCCCCCCCC)OC(=O)CCCCCCCCCCCCCCCCCC. The Kier molecular flexibility index (Phi) is 68.1. The second kappa shape index (κ2) is 70.6. The zero-order chi connectivity index (χ0) is 59.2. The van der Waals surface area contributed by atoms with E-state index in [1.54, 1.807) is 0 Å². The number of hydrogen-bond donors (Lipinski definition) is 0. The van der Waals surface area contributed by atoms with E-state index < -0.39 is 12.1 Å². The van der Waals surface area contributed by atoms with E-state index in [0.717, 1.165) is 70.6 Å². The van der Waals surface area contributed by atoms with Crippen LogP contribution in [0.3, 0.4) is 0 Å². The highest BCUT2D eigenvalue weighted by Gasteiger charge is 2.19. The van der Waals surface area contributed by atoms with E-state index in [1.165, 1.54) is 276 Å². The zero-order valence-electron chi connectivity index (χ0n) is 55.0. The molecule has 0 aromatic rings. The van der Waals surface area contributed by atoms with E-state index in [1.807, 2.05) is 12.2 Å². The normalized spacial score (nSPS) is 12.4. The number of allylic oxidation sites excluding steroid dienone is 9. The van der Waals surface area contributed by atoms with E-state index in [-0.39, 0.29) is 31.6 Å². The highest BCUT2D eigenvalue weighted by molar-refractivity contribution is 5.72. The number of unbranched alkanes of at least 4 members (excludes halogenated alkanes) is 47. The summed E-state index contributed by atoms with van der Waals surface area (Å²) >= 11 is 0. The van der Waals surface area contributed by atoms with Crippen LogP contribution in [-0.2, 0) is 28.6 Å². The molecule has 0 aliphatic heterocycles. The molecule has 82 heavy (non-hydrogen) atoms. The Morgan fingerprint density at radius 1 is 0.256 bits per heavy atom. The van der Waals surface area contributed by atoms with Crippen LogP contribution in [0.25, 0.3) is 0 Å². The average Bonchev–Trinajstić information content (AvgIpc) is 3.47. The van der Waals surface area contributed by atoms with E-state index in [9.17, 15) is 14.4 Å². The molecular formula is C76H138O6. The smallest absolute Gasteiger partial charge is 0.309 e. The molecule has 0 aromatic heterocycles. The summed E-state index contributed by atoms with van der Waals surface area (Å²) in [5, 5.41) is 0. The third-order valence-corrected chi connectivity index (χ3v) is 16.3. The summed E-state index contributed by atoms with van der Waals surface area (Å²) in [7, 11) is 0. The van der Waals surface area contributed by atoms with Crippen molar-refractivity contribution in [3.05, 3.63) is 60.8 Å². The fourth-order valence-corrected chi connectivity index (χ4v) is 10.9. The Bertz CT molecular complexity index is 1460. The van der Waals surface area contributed by atoms with Gasteiger partial charge in [0.05, 0.1) is 6.42 Å². The molecule has 0 rings (SSSR count). The predicted molar refractivity (Wildman–Crippen MR) is 358 cm³/mol. The summed E-state index contributed by atoms with van der Waals surface area (Å²) < 4.78 is 16.9. The molecule has 0 aromatic carbocycles. The third-order valence-electron chi connectivity index (χ3n) is 16.3. The van der Waals surface area contributed by atoms with E-state index in [2.05, 4.69) is 69.4 Å². The van der Waals surface area contributed by atoms with Crippen molar-refractivity contribution < 1.29 is 28.6 Å². The Labute approximate surface area is 510 Å². The molecule has 0 bridgehead atoms. The van der Waals surface area contributed by atoms with E-state index in [0.29, 0.717) is 12.8 Å². The van der Waals surface area contributed by atoms with Crippen LogP contribution in [0.4, 0.5) is 0 Å². The average molecular weight is 1150 g/mol. The molecule has 0 fully saturated rings. The first kappa shape index (κ1) is 79.1. The maximum absolute atomic E-state index is 12.9. The van der Waals surface area contributed by atoms with Crippen molar-refractivity contribution in [1.82, 2.24) is 0 Å². The van der Waals surface area contributed by atoms with E-state index >= 15 is 0 Å². The topological polar surface area (TPSA) is 78.9 Å². The number of hydrogen-bond acceptors (Lipinski definition) is 6. The minimum atomic E-state index is -0.812. The molecule has 0 saturated carbocycles. The minimum Gasteiger partial charge on any atom is -0.462 e. The number of esters is 3. The molecule has 0 amide bonds. The Morgan fingerprint density at radius 2 is 0.476 bits per heavy atom. The van der Waals surface area contributed by atoms with Gasteiger partial charge in [0.1, 0.15) is 13.2 Å². The van der Waals surface area contributed by atoms with Gasteiger partial charge >= 0.3 is 17.9 Å². The highest BCUT2D eigenvalue weighted by Crippen LogP contribution is 2.19. The van der Waals surface area contributed by atoms with Crippen LogP contribution in [0.5, 0.6) is 0 Å². The molecule has 0 radical (unpaired) electrons. The van der Waals surface area contributed by atoms with Crippen LogP contribution in [0.1, 0.15) is 387 Å². The molecule has 0 N–H and O–H groups in total. The van der Waals surface area contributed by atoms with Crippen molar-refractivity contribution in [3.8, 4) is 0 Å². The molecule has 478 valence electrons. The van der Waals surface area contributed by atoms with Crippen molar-refractivity contribution in [3.63, 3.8) is 0 Å². The van der Waals surface area contributed by atoms with Gasteiger partial charge in [-0.1, -0.05) is 383 Å². The van der Waals surface area contributed by atoms with Crippen LogP contribution in [0.15, 0.2) is 60.8 Å². The van der Waals surface area contributed by atoms with Gasteiger partial charge in [0.25, 0.3) is 0 Å². The standard InChI is InChI=1S/C76H138O6/c1-4-7-10-13-16-19-22-25-28-30-31-32-33-34-35-36-37-38-39-40-41-42-43-44-45-46-49-51-54-57-60-63-66-69-75(78)81-72-73(71-80-74(77)68-65-62-59-56-53-50-47-27-24-21-18-15-12-9-6-3)82-76(79)70-67-64-61-58-55-52-48-29-26-23-20-17-14-11-8-5-2/h9,12,18,21,27,47,53,56,62,65,73H,4-8,10-11,13-17,19-20,22-26,28-46,48-52,54-55,57-61,63-64,66-72H2,1-3H3/b12-9-,21-18-,47-27-,56-53-,65-62-. The second-order valence-electron chi connectivity index (χ2n) is 24.5. The summed E-state index contributed by atoms with van der Waals surface area (Å²) in [5.41, 5.74) is 0. The van der Waals surface area contributed by atoms with Crippen molar-refractivity contribution in [2.24, 2.45) is 0 Å². The molecule has 0 aliphatic rings. The summed E-state index contributed by atoms with van der Waals surface area (Å²) in [5.74, 6) is -1.01. The van der Waals surface area contributed by atoms with Gasteiger partial charge in [-0.25, -0.2) is 0 Å². The van der Waals surface area contributed by atoms with Gasteiger partial charge < -0.3 is 14.2 Å². The molecule has 0 heterocycles. The Balaban J connectivity index is 4.16. The Hall–Kier alpha value is -2.89. The van der Waals surface area contributed by atoms with Crippen molar-refractivity contribution in [2.75, 3.05) is 13.2 Å². The van der Waals surface area contributed by atoms with Crippen LogP contribution < -0.4 is 0 Å². The first-order chi connectivity index (χ1) is 40.5. The molecule has 0 aliphatic carbocycles. The monoisotopic (exact) mass is 1150 g/mol. The quantitative estimate of drug-likeness (QED) is 0.0261. The van der Waals surface area contributed by atoms with Crippen molar-refractivity contribution >= 4 is 17.9 Å². The second-order valence-corrected chi connectivity index (χ2v) is 24.5. The number of ether oxygens (including phenoxy) is 3.